The number of nitrogens with zero attached hydrogens (tertiary/aromatic N) is 3. The normalized spacial score (nSPS) is 22.3. The number of H-pyrrole nitrogens is 1. The predicted molar refractivity (Wildman–Crippen MR) is 155 cm³/mol. The maximum Gasteiger partial charge on any atom is 0.270 e. The van der Waals surface area contributed by atoms with Crippen LogP contribution in [0.3, 0.4) is 0 Å². The molecule has 6 rings (SSSR count). The molecular weight excluding hydrogens is 580 g/mol. The fourth-order valence-electron chi connectivity index (χ4n) is 6.52. The summed E-state index contributed by atoms with van der Waals surface area (Å²) in [6, 6.07) is 9.05. The summed E-state index contributed by atoms with van der Waals surface area (Å²) in [5.74, 6) is -4.49. The molecule has 2 N–H and O–H groups in total. The molecule has 3 aliphatic heterocycles. The van der Waals surface area contributed by atoms with Crippen molar-refractivity contribution in [2.75, 3.05) is 13.1 Å². The molecule has 2 saturated heterocycles. The second-order valence-corrected chi connectivity index (χ2v) is 12.1. The number of benzene rings is 2. The highest BCUT2D eigenvalue weighted by molar-refractivity contribution is 6.31. The van der Waals surface area contributed by atoms with E-state index in [4.69, 9.17) is 11.6 Å². The van der Waals surface area contributed by atoms with Gasteiger partial charge < -0.3 is 25.0 Å². The number of alkyl halides is 2. The minimum atomic E-state index is -3.04. The Balaban J connectivity index is 1.25. The molecule has 0 unspecified atom stereocenters. The van der Waals surface area contributed by atoms with Gasteiger partial charge in [-0.3, -0.25) is 19.2 Å². The van der Waals surface area contributed by atoms with E-state index in [0.29, 0.717) is 54.8 Å². The van der Waals surface area contributed by atoms with Crippen LogP contribution in [0.25, 0.3) is 10.9 Å². The van der Waals surface area contributed by atoms with Gasteiger partial charge in [0.15, 0.2) is 0 Å². The van der Waals surface area contributed by atoms with Crippen LogP contribution in [0.1, 0.15) is 60.3 Å². The molecule has 0 bridgehead atoms. The lowest BCUT2D eigenvalue weighted by Gasteiger charge is -2.39. The molecule has 4 amide bonds. The number of aromatic amines is 1. The second kappa shape index (κ2) is 10.9. The zero-order valence-corrected chi connectivity index (χ0v) is 24.6. The maximum absolute atomic E-state index is 14.1. The Morgan fingerprint density at radius 2 is 1.84 bits per heavy atom. The molecule has 2 aromatic carbocycles. The molecular formula is C31H32ClF2N5O4. The van der Waals surface area contributed by atoms with Gasteiger partial charge in [-0.2, -0.15) is 0 Å². The minimum Gasteiger partial charge on any atom is -0.351 e. The molecule has 3 aromatic rings. The van der Waals surface area contributed by atoms with Gasteiger partial charge in [-0.25, -0.2) is 8.78 Å². The quantitative estimate of drug-likeness (QED) is 0.462. The highest BCUT2D eigenvalue weighted by Crippen LogP contribution is 2.35. The van der Waals surface area contributed by atoms with Crippen LogP contribution in [0, 0.1) is 0 Å². The van der Waals surface area contributed by atoms with Crippen LogP contribution in [0.2, 0.25) is 5.02 Å². The van der Waals surface area contributed by atoms with Crippen molar-refractivity contribution in [3.05, 3.63) is 69.9 Å². The molecule has 3 atom stereocenters. The summed E-state index contributed by atoms with van der Waals surface area (Å²) in [5, 5.41) is 3.79. The molecule has 4 heterocycles. The predicted octanol–water partition coefficient (Wildman–Crippen LogP) is 4.19. The van der Waals surface area contributed by atoms with E-state index in [1.807, 2.05) is 12.1 Å². The number of carbonyl (C=O) groups is 4. The molecule has 0 spiro atoms. The topological polar surface area (TPSA) is 106 Å². The van der Waals surface area contributed by atoms with Crippen LogP contribution in [0.4, 0.5) is 8.78 Å². The van der Waals surface area contributed by atoms with Crippen LogP contribution in [-0.4, -0.2) is 74.5 Å². The molecule has 0 aliphatic carbocycles. The average molecular weight is 612 g/mol. The molecule has 0 saturated carbocycles. The second-order valence-electron chi connectivity index (χ2n) is 11.7. The molecule has 3 aliphatic rings. The first-order chi connectivity index (χ1) is 20.4. The Bertz CT molecular complexity index is 1640. The number of aromatic nitrogens is 1. The van der Waals surface area contributed by atoms with E-state index in [1.54, 1.807) is 15.9 Å². The summed E-state index contributed by atoms with van der Waals surface area (Å²) in [5.41, 5.74) is 2.28. The van der Waals surface area contributed by atoms with Crippen molar-refractivity contribution in [1.82, 2.24) is 25.0 Å². The van der Waals surface area contributed by atoms with Gasteiger partial charge in [0.25, 0.3) is 11.8 Å². The van der Waals surface area contributed by atoms with Crippen LogP contribution >= 0.6 is 11.6 Å². The molecule has 226 valence electrons. The Labute approximate surface area is 252 Å². The fraction of sp³-hybridized carbons (Fsp3) is 0.419. The largest absolute Gasteiger partial charge is 0.351 e. The summed E-state index contributed by atoms with van der Waals surface area (Å²) < 4.78 is 27.7. The maximum atomic E-state index is 14.1. The van der Waals surface area contributed by atoms with Crippen molar-refractivity contribution in [3.8, 4) is 0 Å². The van der Waals surface area contributed by atoms with E-state index < -0.39 is 29.8 Å². The van der Waals surface area contributed by atoms with E-state index in [2.05, 4.69) is 10.3 Å². The zero-order chi connectivity index (χ0) is 30.6. The Kier molecular flexibility index (Phi) is 7.40. The van der Waals surface area contributed by atoms with Gasteiger partial charge in [-0.05, 0) is 54.7 Å². The standard InChI is InChI=1S/C31H32ClF2N5O4/c1-17(40)37-11-10-21-7-9-27(30(43)38-14-18-4-3-5-23(32)22(18)15-38)39(21)29(42)26(16-37)36-28(41)25-13-19-12-20(31(2,33)34)6-8-24(19)35-25/h3-6,8,12-13,21,26-27,35H,7,9-11,14-16H2,1-2H3,(H,36,41)/t21-,26+,27+/m1/s1. The minimum absolute atomic E-state index is 0.0543. The third kappa shape index (κ3) is 5.46. The number of nitrogens with one attached hydrogen (secondary N) is 2. The van der Waals surface area contributed by atoms with Crippen LogP contribution < -0.4 is 5.32 Å². The van der Waals surface area contributed by atoms with Crippen molar-refractivity contribution in [2.24, 2.45) is 0 Å². The zero-order valence-electron chi connectivity index (χ0n) is 23.8. The third-order valence-corrected chi connectivity index (χ3v) is 9.19. The van der Waals surface area contributed by atoms with Gasteiger partial charge in [0.1, 0.15) is 17.8 Å². The van der Waals surface area contributed by atoms with Gasteiger partial charge in [0.05, 0.1) is 0 Å². The number of rotatable bonds is 4. The summed E-state index contributed by atoms with van der Waals surface area (Å²) in [4.78, 5) is 61.6. The molecule has 1 aromatic heterocycles. The fourth-order valence-corrected chi connectivity index (χ4v) is 6.78. The van der Waals surface area contributed by atoms with Crippen LogP contribution in [-0.2, 0) is 33.4 Å². The van der Waals surface area contributed by atoms with E-state index in [0.717, 1.165) is 18.1 Å². The lowest BCUT2D eigenvalue weighted by Crippen LogP contribution is -2.61. The lowest BCUT2D eigenvalue weighted by molar-refractivity contribution is -0.149. The van der Waals surface area contributed by atoms with Gasteiger partial charge in [-0.15, -0.1) is 0 Å². The van der Waals surface area contributed by atoms with Gasteiger partial charge in [0, 0.05) is 67.6 Å². The van der Waals surface area contributed by atoms with Crippen LogP contribution in [0.15, 0.2) is 42.5 Å². The lowest BCUT2D eigenvalue weighted by atomic mass is 10.1. The molecule has 12 heteroatoms. The number of fused-ring (bicyclic) bond motifs is 3. The van der Waals surface area contributed by atoms with Crippen molar-refractivity contribution in [1.29, 1.82) is 0 Å². The number of halogens is 3. The van der Waals surface area contributed by atoms with Gasteiger partial charge >= 0.3 is 0 Å². The third-order valence-electron chi connectivity index (χ3n) is 8.84. The van der Waals surface area contributed by atoms with Crippen molar-refractivity contribution < 1.29 is 28.0 Å². The number of hydrogen-bond donors (Lipinski definition) is 2. The van der Waals surface area contributed by atoms with E-state index in [-0.39, 0.29) is 35.7 Å². The average Bonchev–Trinajstić information content (AvgIpc) is 3.69. The first kappa shape index (κ1) is 29.1. The van der Waals surface area contributed by atoms with Gasteiger partial charge in [-0.1, -0.05) is 29.8 Å². The van der Waals surface area contributed by atoms with E-state index >= 15 is 0 Å². The molecule has 0 radical (unpaired) electrons. The molecule has 43 heavy (non-hydrogen) atoms. The number of hydrogen-bond acceptors (Lipinski definition) is 4. The Hall–Kier alpha value is -3.99. The summed E-state index contributed by atoms with van der Waals surface area (Å²) in [7, 11) is 0. The SMILES string of the molecule is CC(=O)N1CC[C@H]2CC[C@@H](C(=O)N3Cc4cccc(Cl)c4C3)N2C(=O)[C@@H](NC(=O)c2cc3cc(C(C)(F)F)ccc3[nH]2)C1. The first-order valence-corrected chi connectivity index (χ1v) is 14.7. The summed E-state index contributed by atoms with van der Waals surface area (Å²) in [6.45, 7) is 3.31. The Morgan fingerprint density at radius 3 is 2.56 bits per heavy atom. The molecule has 2 fully saturated rings. The van der Waals surface area contributed by atoms with Gasteiger partial charge in [0.2, 0.25) is 17.7 Å². The highest BCUT2D eigenvalue weighted by atomic mass is 35.5. The van der Waals surface area contributed by atoms with Crippen molar-refractivity contribution in [3.63, 3.8) is 0 Å². The Morgan fingerprint density at radius 1 is 1.05 bits per heavy atom. The highest BCUT2D eigenvalue weighted by Gasteiger charge is 2.47. The van der Waals surface area contributed by atoms with E-state index in [1.165, 1.54) is 36.1 Å². The molecule has 9 nitrogen and oxygen atoms in total. The van der Waals surface area contributed by atoms with Crippen molar-refractivity contribution in [2.45, 2.75) is 70.2 Å². The smallest absolute Gasteiger partial charge is 0.270 e. The summed E-state index contributed by atoms with van der Waals surface area (Å²) in [6.07, 6.45) is 1.60. The van der Waals surface area contributed by atoms with Crippen LogP contribution in [0.5, 0.6) is 0 Å². The first-order valence-electron chi connectivity index (χ1n) is 14.4. The van der Waals surface area contributed by atoms with Crippen molar-refractivity contribution >= 4 is 46.1 Å². The summed E-state index contributed by atoms with van der Waals surface area (Å²) >= 11 is 6.37. The monoisotopic (exact) mass is 611 g/mol. The number of carbonyl (C=O) groups excluding carboxylic acids is 4. The number of amides is 4. The van der Waals surface area contributed by atoms with E-state index in [9.17, 15) is 28.0 Å².